The van der Waals surface area contributed by atoms with E-state index < -0.39 is 12.1 Å². The molecule has 0 aliphatic carbocycles. The number of rotatable bonds is 4. The Morgan fingerprint density at radius 3 is 2.82 bits per heavy atom. The SMILES string of the molecule is Cc1ccccc1[C@H](CC(=O)N1CCN[C@@H](C)C1)NC(N)=O. The molecule has 0 spiro atoms. The van der Waals surface area contributed by atoms with E-state index in [4.69, 9.17) is 5.73 Å². The monoisotopic (exact) mass is 304 g/mol. The van der Waals surface area contributed by atoms with Gasteiger partial charge in [0.05, 0.1) is 12.5 Å². The van der Waals surface area contributed by atoms with Crippen LogP contribution in [0.15, 0.2) is 24.3 Å². The molecule has 6 nitrogen and oxygen atoms in total. The van der Waals surface area contributed by atoms with Gasteiger partial charge in [0.1, 0.15) is 0 Å². The summed E-state index contributed by atoms with van der Waals surface area (Å²) in [7, 11) is 0. The summed E-state index contributed by atoms with van der Waals surface area (Å²) >= 11 is 0. The van der Waals surface area contributed by atoms with Crippen molar-refractivity contribution in [2.24, 2.45) is 5.73 Å². The second-order valence-electron chi connectivity index (χ2n) is 5.82. The molecule has 22 heavy (non-hydrogen) atoms. The zero-order valence-corrected chi connectivity index (χ0v) is 13.1. The number of primary amides is 1. The lowest BCUT2D eigenvalue weighted by atomic mass is 9.98. The molecule has 0 unspecified atom stereocenters. The van der Waals surface area contributed by atoms with Crippen LogP contribution in [-0.4, -0.2) is 42.5 Å². The van der Waals surface area contributed by atoms with Crippen LogP contribution >= 0.6 is 0 Å². The molecular formula is C16H24N4O2. The average molecular weight is 304 g/mol. The third kappa shape index (κ3) is 4.21. The molecule has 120 valence electrons. The number of hydrogen-bond acceptors (Lipinski definition) is 3. The van der Waals surface area contributed by atoms with Crippen molar-refractivity contribution in [1.82, 2.24) is 15.5 Å². The van der Waals surface area contributed by atoms with Gasteiger partial charge in [0.2, 0.25) is 5.91 Å². The van der Waals surface area contributed by atoms with E-state index >= 15 is 0 Å². The number of benzene rings is 1. The van der Waals surface area contributed by atoms with Gasteiger partial charge in [0.25, 0.3) is 0 Å². The number of carbonyl (C=O) groups excluding carboxylic acids is 2. The van der Waals surface area contributed by atoms with Crippen molar-refractivity contribution < 1.29 is 9.59 Å². The van der Waals surface area contributed by atoms with Crippen LogP contribution in [0, 0.1) is 6.92 Å². The lowest BCUT2D eigenvalue weighted by molar-refractivity contribution is -0.132. The molecule has 1 fully saturated rings. The molecular weight excluding hydrogens is 280 g/mol. The summed E-state index contributed by atoms with van der Waals surface area (Å²) in [6.07, 6.45) is 0.223. The molecule has 4 N–H and O–H groups in total. The van der Waals surface area contributed by atoms with Gasteiger partial charge in [-0.05, 0) is 25.0 Å². The van der Waals surface area contributed by atoms with Crippen LogP contribution in [0.4, 0.5) is 4.79 Å². The number of nitrogens with one attached hydrogen (secondary N) is 2. The highest BCUT2D eigenvalue weighted by Gasteiger charge is 2.25. The summed E-state index contributed by atoms with van der Waals surface area (Å²) in [5.74, 6) is 0.0374. The van der Waals surface area contributed by atoms with Crippen molar-refractivity contribution in [3.8, 4) is 0 Å². The minimum absolute atomic E-state index is 0.0374. The van der Waals surface area contributed by atoms with E-state index in [1.807, 2.05) is 36.1 Å². The standard InChI is InChI=1S/C16H24N4O2/c1-11-5-3-4-6-13(11)14(19-16(17)22)9-15(21)20-8-7-18-12(2)10-20/h3-6,12,14,18H,7-10H2,1-2H3,(H3,17,19,22)/t12-,14-/m0/s1. The van der Waals surface area contributed by atoms with Crippen LogP contribution < -0.4 is 16.4 Å². The Morgan fingerprint density at radius 1 is 1.45 bits per heavy atom. The maximum Gasteiger partial charge on any atom is 0.312 e. The fourth-order valence-electron chi connectivity index (χ4n) is 2.85. The van der Waals surface area contributed by atoms with E-state index in [9.17, 15) is 9.59 Å². The molecule has 6 heteroatoms. The van der Waals surface area contributed by atoms with E-state index in [1.165, 1.54) is 0 Å². The second-order valence-corrected chi connectivity index (χ2v) is 5.82. The van der Waals surface area contributed by atoms with E-state index in [0.717, 1.165) is 17.7 Å². The molecule has 1 aliphatic heterocycles. The van der Waals surface area contributed by atoms with Crippen LogP contribution in [0.2, 0.25) is 0 Å². The zero-order chi connectivity index (χ0) is 16.1. The van der Waals surface area contributed by atoms with Gasteiger partial charge in [0.15, 0.2) is 0 Å². The molecule has 1 saturated heterocycles. The number of amides is 3. The molecule has 2 rings (SSSR count). The molecule has 0 saturated carbocycles. The van der Waals surface area contributed by atoms with Crippen LogP contribution in [0.5, 0.6) is 0 Å². The lowest BCUT2D eigenvalue weighted by Gasteiger charge is -2.33. The van der Waals surface area contributed by atoms with Gasteiger partial charge in [0, 0.05) is 25.7 Å². The summed E-state index contributed by atoms with van der Waals surface area (Å²) in [5, 5.41) is 6.00. The topological polar surface area (TPSA) is 87.5 Å². The van der Waals surface area contributed by atoms with Crippen molar-refractivity contribution in [3.05, 3.63) is 35.4 Å². The van der Waals surface area contributed by atoms with Crippen LogP contribution in [-0.2, 0) is 4.79 Å². The Balaban J connectivity index is 2.11. The Morgan fingerprint density at radius 2 is 2.18 bits per heavy atom. The largest absolute Gasteiger partial charge is 0.352 e. The second kappa shape index (κ2) is 7.26. The van der Waals surface area contributed by atoms with Gasteiger partial charge in [-0.15, -0.1) is 0 Å². The van der Waals surface area contributed by atoms with Gasteiger partial charge in [-0.2, -0.15) is 0 Å². The fourth-order valence-corrected chi connectivity index (χ4v) is 2.85. The lowest BCUT2D eigenvalue weighted by Crippen LogP contribution is -2.52. The van der Waals surface area contributed by atoms with Gasteiger partial charge in [-0.25, -0.2) is 4.79 Å². The number of hydrogen-bond donors (Lipinski definition) is 3. The van der Waals surface area contributed by atoms with Gasteiger partial charge in [-0.1, -0.05) is 24.3 Å². The van der Waals surface area contributed by atoms with Crippen molar-refractivity contribution in [3.63, 3.8) is 0 Å². The van der Waals surface area contributed by atoms with Crippen molar-refractivity contribution in [2.45, 2.75) is 32.4 Å². The van der Waals surface area contributed by atoms with E-state index in [2.05, 4.69) is 17.6 Å². The molecule has 1 aliphatic rings. The first-order chi connectivity index (χ1) is 10.5. The highest BCUT2D eigenvalue weighted by atomic mass is 16.2. The summed E-state index contributed by atoms with van der Waals surface area (Å²) in [4.78, 5) is 25.6. The summed E-state index contributed by atoms with van der Waals surface area (Å²) in [5.41, 5.74) is 7.23. The Kier molecular flexibility index (Phi) is 5.38. The Bertz CT molecular complexity index is 547. The van der Waals surface area contributed by atoms with Gasteiger partial charge in [-0.3, -0.25) is 4.79 Å². The predicted molar refractivity (Wildman–Crippen MR) is 85.3 cm³/mol. The molecule has 0 aromatic heterocycles. The molecule has 1 aromatic rings. The van der Waals surface area contributed by atoms with Crippen molar-refractivity contribution >= 4 is 11.9 Å². The molecule has 2 atom stereocenters. The first-order valence-electron chi connectivity index (χ1n) is 7.60. The minimum Gasteiger partial charge on any atom is -0.352 e. The zero-order valence-electron chi connectivity index (χ0n) is 13.1. The smallest absolute Gasteiger partial charge is 0.312 e. The maximum absolute atomic E-state index is 12.5. The third-order valence-electron chi connectivity index (χ3n) is 3.98. The molecule has 0 bridgehead atoms. The molecule has 1 heterocycles. The highest BCUT2D eigenvalue weighted by molar-refractivity contribution is 5.79. The highest BCUT2D eigenvalue weighted by Crippen LogP contribution is 2.21. The molecule has 0 radical (unpaired) electrons. The Hall–Kier alpha value is -2.08. The van der Waals surface area contributed by atoms with Crippen LogP contribution in [0.25, 0.3) is 0 Å². The van der Waals surface area contributed by atoms with E-state index in [0.29, 0.717) is 19.1 Å². The number of aryl methyl sites for hydroxylation is 1. The molecule has 3 amide bonds. The average Bonchev–Trinajstić information content (AvgIpc) is 2.46. The van der Waals surface area contributed by atoms with Crippen molar-refractivity contribution in [2.75, 3.05) is 19.6 Å². The molecule has 1 aromatic carbocycles. The van der Waals surface area contributed by atoms with Crippen molar-refractivity contribution in [1.29, 1.82) is 0 Å². The maximum atomic E-state index is 12.5. The number of piperazine rings is 1. The number of urea groups is 1. The normalized spacial score (nSPS) is 19.5. The van der Waals surface area contributed by atoms with E-state index in [1.54, 1.807) is 0 Å². The van der Waals surface area contributed by atoms with Crippen LogP contribution in [0.3, 0.4) is 0 Å². The van der Waals surface area contributed by atoms with E-state index in [-0.39, 0.29) is 12.3 Å². The minimum atomic E-state index is -0.616. The summed E-state index contributed by atoms with van der Waals surface area (Å²) < 4.78 is 0. The number of nitrogens with zero attached hydrogens (tertiary/aromatic N) is 1. The summed E-state index contributed by atoms with van der Waals surface area (Å²) in [6.45, 7) is 6.20. The number of nitrogens with two attached hydrogens (primary N) is 1. The summed E-state index contributed by atoms with van der Waals surface area (Å²) in [6, 6.07) is 6.99. The van der Waals surface area contributed by atoms with Gasteiger partial charge >= 0.3 is 6.03 Å². The Labute approximate surface area is 131 Å². The fraction of sp³-hybridized carbons (Fsp3) is 0.500. The third-order valence-corrected chi connectivity index (χ3v) is 3.98. The first kappa shape index (κ1) is 16.3. The number of carbonyl (C=O) groups is 2. The predicted octanol–water partition coefficient (Wildman–Crippen LogP) is 0.915. The quantitative estimate of drug-likeness (QED) is 0.773. The van der Waals surface area contributed by atoms with Gasteiger partial charge < -0.3 is 21.3 Å². The van der Waals surface area contributed by atoms with Crippen LogP contribution in [0.1, 0.15) is 30.5 Å². The first-order valence-corrected chi connectivity index (χ1v) is 7.60.